The minimum absolute atomic E-state index is 1.12. The topological polar surface area (TPSA) is 27.6 Å². The molecule has 0 aromatic heterocycles. The van der Waals surface area contributed by atoms with Gasteiger partial charge < -0.3 is 5.73 Å². The zero-order valence-corrected chi connectivity index (χ0v) is 8.78. The Morgan fingerprint density at radius 2 is 1.08 bits per heavy atom. The third kappa shape index (κ3) is 9.96. The molecule has 12 heavy (non-hydrogen) atoms. The zero-order valence-electron chi connectivity index (χ0n) is 8.78. The second kappa shape index (κ2) is 11.0. The molecular formula is C11H26N+. The van der Waals surface area contributed by atoms with Gasteiger partial charge in [0.1, 0.15) is 0 Å². The molecule has 0 unspecified atom stereocenters. The van der Waals surface area contributed by atoms with Crippen LogP contribution in [0.5, 0.6) is 0 Å². The predicted octanol–water partition coefficient (Wildman–Crippen LogP) is 2.76. The van der Waals surface area contributed by atoms with E-state index in [4.69, 9.17) is 0 Å². The van der Waals surface area contributed by atoms with Crippen LogP contribution in [-0.4, -0.2) is 6.54 Å². The van der Waals surface area contributed by atoms with E-state index < -0.39 is 0 Å². The lowest BCUT2D eigenvalue weighted by molar-refractivity contribution is -0.368. The molecule has 0 amide bonds. The van der Waals surface area contributed by atoms with Crippen LogP contribution in [0.2, 0.25) is 0 Å². The van der Waals surface area contributed by atoms with Crippen LogP contribution in [-0.2, 0) is 0 Å². The molecule has 0 aliphatic carbocycles. The summed E-state index contributed by atoms with van der Waals surface area (Å²) < 4.78 is 0. The number of hydrogen-bond acceptors (Lipinski definition) is 0. The summed E-state index contributed by atoms with van der Waals surface area (Å²) in [4.78, 5) is 0. The SMILES string of the molecule is CCCCCCCCCCC[NH3+]. The number of unbranched alkanes of at least 4 members (excludes halogenated alkanes) is 8. The molecule has 0 rings (SSSR count). The first-order valence-electron chi connectivity index (χ1n) is 5.71. The Labute approximate surface area is 77.7 Å². The Hall–Kier alpha value is -0.0400. The van der Waals surface area contributed by atoms with Gasteiger partial charge in [-0.2, -0.15) is 0 Å². The van der Waals surface area contributed by atoms with Gasteiger partial charge >= 0.3 is 0 Å². The molecule has 3 N–H and O–H groups in total. The molecule has 1 nitrogen and oxygen atoms in total. The van der Waals surface area contributed by atoms with Gasteiger partial charge in [0.2, 0.25) is 0 Å². The fraction of sp³-hybridized carbons (Fsp3) is 1.00. The zero-order chi connectivity index (χ0) is 9.07. The van der Waals surface area contributed by atoms with Gasteiger partial charge in [0.25, 0.3) is 0 Å². The van der Waals surface area contributed by atoms with Crippen LogP contribution in [0.1, 0.15) is 64.7 Å². The van der Waals surface area contributed by atoms with E-state index in [9.17, 15) is 0 Å². The summed E-state index contributed by atoms with van der Waals surface area (Å²) in [7, 11) is 0. The van der Waals surface area contributed by atoms with Gasteiger partial charge in [-0.3, -0.25) is 0 Å². The first kappa shape index (κ1) is 12.0. The van der Waals surface area contributed by atoms with E-state index in [2.05, 4.69) is 12.7 Å². The second-order valence-electron chi connectivity index (χ2n) is 3.68. The van der Waals surface area contributed by atoms with Gasteiger partial charge in [-0.1, -0.05) is 51.9 Å². The maximum Gasteiger partial charge on any atom is 0.0739 e. The highest BCUT2D eigenvalue weighted by molar-refractivity contribution is 4.45. The van der Waals surface area contributed by atoms with E-state index in [0.29, 0.717) is 0 Å². The van der Waals surface area contributed by atoms with Crippen molar-refractivity contribution in [2.24, 2.45) is 0 Å². The molecule has 0 bridgehead atoms. The van der Waals surface area contributed by atoms with E-state index in [1.807, 2.05) is 0 Å². The van der Waals surface area contributed by atoms with Crippen LogP contribution < -0.4 is 5.73 Å². The molecule has 0 aromatic carbocycles. The van der Waals surface area contributed by atoms with Gasteiger partial charge in [-0.15, -0.1) is 0 Å². The van der Waals surface area contributed by atoms with Crippen molar-refractivity contribution in [3.8, 4) is 0 Å². The predicted molar refractivity (Wildman–Crippen MR) is 55.0 cm³/mol. The summed E-state index contributed by atoms with van der Waals surface area (Å²) in [6.45, 7) is 3.39. The van der Waals surface area contributed by atoms with Crippen molar-refractivity contribution in [3.05, 3.63) is 0 Å². The average Bonchev–Trinajstić information content (AvgIpc) is 2.10. The summed E-state index contributed by atoms with van der Waals surface area (Å²) in [5, 5.41) is 0. The van der Waals surface area contributed by atoms with Crippen LogP contribution in [0.4, 0.5) is 0 Å². The third-order valence-electron chi connectivity index (χ3n) is 2.35. The molecule has 74 valence electrons. The number of rotatable bonds is 9. The molecule has 0 saturated carbocycles. The normalized spacial score (nSPS) is 10.5. The minimum atomic E-state index is 1.12. The summed E-state index contributed by atoms with van der Waals surface area (Å²) in [5.74, 6) is 0. The van der Waals surface area contributed by atoms with Crippen molar-refractivity contribution in [1.29, 1.82) is 0 Å². The van der Waals surface area contributed by atoms with Gasteiger partial charge in [-0.05, 0) is 12.8 Å². The summed E-state index contributed by atoms with van der Waals surface area (Å²) in [5.41, 5.74) is 3.84. The van der Waals surface area contributed by atoms with Crippen LogP contribution in [0.3, 0.4) is 0 Å². The number of quaternary nitrogens is 1. The molecular weight excluding hydrogens is 146 g/mol. The van der Waals surface area contributed by atoms with Gasteiger partial charge in [0, 0.05) is 0 Å². The van der Waals surface area contributed by atoms with Crippen LogP contribution >= 0.6 is 0 Å². The Morgan fingerprint density at radius 3 is 1.50 bits per heavy atom. The van der Waals surface area contributed by atoms with E-state index in [0.717, 1.165) is 6.54 Å². The standard InChI is InChI=1S/C11H25N/c1-2-3-4-5-6-7-8-9-10-11-12/h2-12H2,1H3/p+1. The Kier molecular flexibility index (Phi) is 10.9. The molecule has 0 aliphatic rings. The Bertz CT molecular complexity index is 61.4. The fourth-order valence-electron chi connectivity index (χ4n) is 1.49. The molecule has 0 atom stereocenters. The molecule has 0 saturated heterocycles. The van der Waals surface area contributed by atoms with Crippen LogP contribution in [0.25, 0.3) is 0 Å². The Balaban J connectivity index is 2.73. The molecule has 0 aromatic rings. The molecule has 0 fully saturated rings. The van der Waals surface area contributed by atoms with E-state index in [-0.39, 0.29) is 0 Å². The van der Waals surface area contributed by atoms with Crippen molar-refractivity contribution in [2.75, 3.05) is 6.54 Å². The Morgan fingerprint density at radius 1 is 0.667 bits per heavy atom. The first-order valence-corrected chi connectivity index (χ1v) is 5.71. The third-order valence-corrected chi connectivity index (χ3v) is 2.35. The fourth-order valence-corrected chi connectivity index (χ4v) is 1.49. The highest BCUT2D eigenvalue weighted by Crippen LogP contribution is 2.08. The number of hydrogen-bond donors (Lipinski definition) is 1. The van der Waals surface area contributed by atoms with Gasteiger partial charge in [0.15, 0.2) is 0 Å². The summed E-state index contributed by atoms with van der Waals surface area (Å²) in [6, 6.07) is 0. The van der Waals surface area contributed by atoms with Crippen molar-refractivity contribution in [3.63, 3.8) is 0 Å². The quantitative estimate of drug-likeness (QED) is 0.518. The second-order valence-corrected chi connectivity index (χ2v) is 3.68. The molecule has 0 spiro atoms. The van der Waals surface area contributed by atoms with Crippen molar-refractivity contribution >= 4 is 0 Å². The molecule has 0 radical (unpaired) electrons. The van der Waals surface area contributed by atoms with Crippen LogP contribution in [0.15, 0.2) is 0 Å². The van der Waals surface area contributed by atoms with E-state index in [1.54, 1.807) is 0 Å². The maximum absolute atomic E-state index is 3.84. The monoisotopic (exact) mass is 172 g/mol. The first-order chi connectivity index (χ1) is 5.91. The maximum atomic E-state index is 3.84. The van der Waals surface area contributed by atoms with Crippen molar-refractivity contribution in [1.82, 2.24) is 0 Å². The molecule has 1 heteroatoms. The molecule has 0 aliphatic heterocycles. The minimum Gasteiger partial charge on any atom is -0.358 e. The van der Waals surface area contributed by atoms with Crippen molar-refractivity contribution < 1.29 is 5.73 Å². The van der Waals surface area contributed by atoms with Gasteiger partial charge in [-0.25, -0.2) is 0 Å². The van der Waals surface area contributed by atoms with E-state index >= 15 is 0 Å². The van der Waals surface area contributed by atoms with Gasteiger partial charge in [0.05, 0.1) is 6.54 Å². The lowest BCUT2D eigenvalue weighted by Crippen LogP contribution is -2.50. The van der Waals surface area contributed by atoms with E-state index in [1.165, 1.54) is 57.8 Å². The lowest BCUT2D eigenvalue weighted by atomic mass is 10.1. The largest absolute Gasteiger partial charge is 0.358 e. The molecule has 0 heterocycles. The van der Waals surface area contributed by atoms with Crippen LogP contribution in [0, 0.1) is 0 Å². The summed E-state index contributed by atoms with van der Waals surface area (Å²) >= 11 is 0. The lowest BCUT2D eigenvalue weighted by Gasteiger charge is -1.99. The highest BCUT2D eigenvalue weighted by Gasteiger charge is 1.90. The highest BCUT2D eigenvalue weighted by atomic mass is 14.5. The summed E-state index contributed by atoms with van der Waals surface area (Å²) in [6.07, 6.45) is 12.8. The average molecular weight is 172 g/mol. The smallest absolute Gasteiger partial charge is 0.0739 e. The van der Waals surface area contributed by atoms with Crippen molar-refractivity contribution in [2.45, 2.75) is 64.7 Å².